The second-order valence-electron chi connectivity index (χ2n) is 8.54. The first-order valence-electron chi connectivity index (χ1n) is 11.1. The maximum Gasteiger partial charge on any atom is 0.333 e. The Morgan fingerprint density at radius 1 is 1.09 bits per heavy atom. The average Bonchev–Trinajstić information content (AvgIpc) is 3.56. The number of carbonyl (C=O) groups is 1. The van der Waals surface area contributed by atoms with Gasteiger partial charge in [-0.3, -0.25) is 14.2 Å². The van der Waals surface area contributed by atoms with Crippen LogP contribution in [-0.2, 0) is 34.3 Å². The molecule has 182 valence electrons. The summed E-state index contributed by atoms with van der Waals surface area (Å²) in [5, 5.41) is 2.64. The highest BCUT2D eigenvalue weighted by molar-refractivity contribution is 7.91. The minimum absolute atomic E-state index is 0.000298. The van der Waals surface area contributed by atoms with Crippen molar-refractivity contribution in [3.05, 3.63) is 87.2 Å². The molecule has 0 aliphatic carbocycles. The first-order chi connectivity index (χ1) is 16.8. The Bertz CT molecular complexity index is 1600. The monoisotopic (exact) mass is 497 g/mol. The average molecular weight is 498 g/mol. The van der Waals surface area contributed by atoms with Crippen LogP contribution < -0.4 is 16.6 Å². The molecule has 1 aliphatic heterocycles. The Balaban J connectivity index is 1.56. The van der Waals surface area contributed by atoms with Crippen LogP contribution in [0.4, 0.5) is 0 Å². The van der Waals surface area contributed by atoms with Crippen LogP contribution in [-0.4, -0.2) is 50.6 Å². The van der Waals surface area contributed by atoms with Crippen molar-refractivity contribution in [1.29, 1.82) is 0 Å². The van der Waals surface area contributed by atoms with Gasteiger partial charge in [0.2, 0.25) is 5.91 Å². The van der Waals surface area contributed by atoms with Crippen molar-refractivity contribution >= 4 is 26.9 Å². The Morgan fingerprint density at radius 3 is 2.57 bits per heavy atom. The summed E-state index contributed by atoms with van der Waals surface area (Å²) in [5.41, 5.74) is -0.152. The molecule has 4 aromatic rings. The number of fused-ring (bicyclic) bond motifs is 1. The van der Waals surface area contributed by atoms with Gasteiger partial charge in [-0.1, -0.05) is 30.3 Å². The summed E-state index contributed by atoms with van der Waals surface area (Å²) in [7, 11) is -3.19. The molecule has 0 saturated carbocycles. The molecule has 0 radical (unpaired) electrons. The highest BCUT2D eigenvalue weighted by Gasteiger charge is 2.29. The van der Waals surface area contributed by atoms with Gasteiger partial charge in [-0.25, -0.2) is 22.8 Å². The van der Waals surface area contributed by atoms with Gasteiger partial charge in [0.05, 0.1) is 37.2 Å². The Morgan fingerprint density at radius 2 is 1.89 bits per heavy atom. The zero-order valence-electron chi connectivity index (χ0n) is 18.7. The Labute approximate surface area is 199 Å². The zero-order chi connectivity index (χ0) is 24.6. The molecular formula is C23H23N5O6S. The number of amides is 1. The third-order valence-electron chi connectivity index (χ3n) is 5.97. The molecule has 1 N–H and O–H groups in total. The number of sulfone groups is 1. The van der Waals surface area contributed by atoms with E-state index in [0.717, 1.165) is 10.1 Å². The standard InChI is InChI=1S/C23H23N5O6S/c29-19(25-17-8-10-35(32,33)14-17)13-28-22(30)20-21(24-15-26(20)12-18-7-4-9-34-18)27(23(28)31)11-16-5-2-1-3-6-16/h1-7,9,15,17H,8,10-14H2,(H,25,29)/t17-/m1/s1. The highest BCUT2D eigenvalue weighted by Crippen LogP contribution is 2.13. The van der Waals surface area contributed by atoms with Gasteiger partial charge >= 0.3 is 5.69 Å². The molecule has 0 unspecified atom stereocenters. The minimum atomic E-state index is -3.19. The predicted octanol–water partition coefficient (Wildman–Crippen LogP) is 0.353. The molecule has 1 aliphatic rings. The van der Waals surface area contributed by atoms with E-state index in [1.54, 1.807) is 16.7 Å². The van der Waals surface area contributed by atoms with E-state index in [-0.39, 0.29) is 35.8 Å². The van der Waals surface area contributed by atoms with Crippen LogP contribution in [0.5, 0.6) is 0 Å². The fraction of sp³-hybridized carbons (Fsp3) is 0.304. The van der Waals surface area contributed by atoms with Gasteiger partial charge in [-0.05, 0) is 24.1 Å². The molecule has 1 aromatic carbocycles. The highest BCUT2D eigenvalue weighted by atomic mass is 32.2. The molecule has 11 nitrogen and oxygen atoms in total. The van der Waals surface area contributed by atoms with Crippen LogP contribution in [0.3, 0.4) is 0 Å². The van der Waals surface area contributed by atoms with Crippen LogP contribution in [0.25, 0.3) is 11.2 Å². The van der Waals surface area contributed by atoms with Crippen molar-refractivity contribution in [2.45, 2.75) is 32.1 Å². The number of benzene rings is 1. The van der Waals surface area contributed by atoms with Gasteiger partial charge in [0.1, 0.15) is 12.3 Å². The van der Waals surface area contributed by atoms with E-state index in [2.05, 4.69) is 10.3 Å². The van der Waals surface area contributed by atoms with Gasteiger partial charge in [0.25, 0.3) is 5.56 Å². The molecule has 4 heterocycles. The van der Waals surface area contributed by atoms with Crippen LogP contribution in [0.1, 0.15) is 17.7 Å². The number of rotatable bonds is 7. The van der Waals surface area contributed by atoms with E-state index in [9.17, 15) is 22.8 Å². The molecule has 0 bridgehead atoms. The molecule has 5 rings (SSSR count). The summed E-state index contributed by atoms with van der Waals surface area (Å²) in [5.74, 6) is -0.161. The van der Waals surface area contributed by atoms with E-state index in [1.165, 1.54) is 17.2 Å². The molecule has 1 saturated heterocycles. The van der Waals surface area contributed by atoms with Crippen LogP contribution in [0.2, 0.25) is 0 Å². The quantitative estimate of drug-likeness (QED) is 0.389. The molecule has 35 heavy (non-hydrogen) atoms. The first kappa shape index (κ1) is 22.8. The van der Waals surface area contributed by atoms with Crippen LogP contribution in [0.15, 0.2) is 69.1 Å². The topological polar surface area (TPSA) is 138 Å². The molecule has 0 spiro atoms. The SMILES string of the molecule is O=C(Cn1c(=O)c2c(ncn2Cc2ccco2)n(Cc2ccccc2)c1=O)N[C@@H]1CCS(=O)(=O)C1. The number of hydrogen-bond acceptors (Lipinski definition) is 7. The summed E-state index contributed by atoms with van der Waals surface area (Å²) in [6.45, 7) is -0.171. The van der Waals surface area contributed by atoms with Crippen molar-refractivity contribution in [3.8, 4) is 0 Å². The second-order valence-corrected chi connectivity index (χ2v) is 10.8. The predicted molar refractivity (Wildman–Crippen MR) is 127 cm³/mol. The van der Waals surface area contributed by atoms with Crippen LogP contribution in [0, 0.1) is 0 Å². The maximum absolute atomic E-state index is 13.4. The third-order valence-corrected chi connectivity index (χ3v) is 7.74. The van der Waals surface area contributed by atoms with Crippen molar-refractivity contribution in [2.24, 2.45) is 0 Å². The van der Waals surface area contributed by atoms with Crippen LogP contribution >= 0.6 is 0 Å². The molecular weight excluding hydrogens is 474 g/mol. The lowest BCUT2D eigenvalue weighted by molar-refractivity contribution is -0.122. The normalized spacial score (nSPS) is 17.1. The molecule has 12 heteroatoms. The first-order valence-corrected chi connectivity index (χ1v) is 12.9. The van der Waals surface area contributed by atoms with Crippen molar-refractivity contribution in [1.82, 2.24) is 24.0 Å². The maximum atomic E-state index is 13.4. The molecule has 1 amide bonds. The van der Waals surface area contributed by atoms with Gasteiger partial charge in [-0.2, -0.15) is 0 Å². The zero-order valence-corrected chi connectivity index (χ0v) is 19.5. The van der Waals surface area contributed by atoms with Gasteiger partial charge in [0.15, 0.2) is 21.0 Å². The molecule has 1 fully saturated rings. The smallest absolute Gasteiger partial charge is 0.333 e. The van der Waals surface area contributed by atoms with E-state index >= 15 is 0 Å². The number of carbonyl (C=O) groups excluding carboxylic acids is 1. The fourth-order valence-electron chi connectivity index (χ4n) is 4.30. The lowest BCUT2D eigenvalue weighted by Gasteiger charge is -2.14. The summed E-state index contributed by atoms with van der Waals surface area (Å²) in [6, 6.07) is 12.2. The summed E-state index contributed by atoms with van der Waals surface area (Å²) < 4.78 is 32.6. The lowest BCUT2D eigenvalue weighted by Crippen LogP contribution is -2.46. The van der Waals surface area contributed by atoms with E-state index in [4.69, 9.17) is 4.42 Å². The number of hydrogen-bond donors (Lipinski definition) is 1. The van der Waals surface area contributed by atoms with Gasteiger partial charge in [0, 0.05) is 6.04 Å². The van der Waals surface area contributed by atoms with Crippen molar-refractivity contribution < 1.29 is 17.6 Å². The summed E-state index contributed by atoms with van der Waals surface area (Å²) in [4.78, 5) is 43.9. The summed E-state index contributed by atoms with van der Waals surface area (Å²) in [6.07, 6.45) is 3.28. The van der Waals surface area contributed by atoms with E-state index in [1.807, 2.05) is 30.3 Å². The molecule has 3 aromatic heterocycles. The third kappa shape index (κ3) is 4.69. The van der Waals surface area contributed by atoms with Gasteiger partial charge in [-0.15, -0.1) is 0 Å². The van der Waals surface area contributed by atoms with E-state index in [0.29, 0.717) is 12.2 Å². The van der Waals surface area contributed by atoms with Gasteiger partial charge < -0.3 is 14.3 Å². The van der Waals surface area contributed by atoms with E-state index < -0.39 is 39.6 Å². The number of nitrogens with one attached hydrogen (secondary N) is 1. The molecule has 1 atom stereocenters. The number of aromatic nitrogens is 4. The van der Waals surface area contributed by atoms with Crippen molar-refractivity contribution in [3.63, 3.8) is 0 Å². The fourth-order valence-corrected chi connectivity index (χ4v) is 5.98. The Kier molecular flexibility index (Phi) is 5.89. The number of nitrogens with zero attached hydrogens (tertiary/aromatic N) is 4. The minimum Gasteiger partial charge on any atom is -0.467 e. The summed E-state index contributed by atoms with van der Waals surface area (Å²) >= 11 is 0. The second kappa shape index (κ2) is 9.02. The number of furan rings is 1. The van der Waals surface area contributed by atoms with Crippen molar-refractivity contribution in [2.75, 3.05) is 11.5 Å². The lowest BCUT2D eigenvalue weighted by atomic mass is 10.2. The largest absolute Gasteiger partial charge is 0.467 e. The Hall–Kier alpha value is -3.93. The number of imidazole rings is 1.